The van der Waals surface area contributed by atoms with Gasteiger partial charge in [-0.05, 0) is 65.4 Å². The number of carbonyl (C=O) groups excluding carboxylic acids is 1. The second-order valence-electron chi connectivity index (χ2n) is 4.37. The van der Waals surface area contributed by atoms with Crippen molar-refractivity contribution in [1.29, 1.82) is 0 Å². The molecule has 2 rings (SSSR count). The molecule has 4 nitrogen and oxygen atoms in total. The molecule has 20 heavy (non-hydrogen) atoms. The topological polar surface area (TPSA) is 64.3 Å². The maximum atomic E-state index is 12.3. The summed E-state index contributed by atoms with van der Waals surface area (Å²) in [6, 6.07) is 10.8. The van der Waals surface area contributed by atoms with Crippen LogP contribution in [0.25, 0.3) is 0 Å². The molecule has 0 saturated heterocycles. The fraction of sp³-hybridized carbons (Fsp3) is 0.133. The first-order valence-electron chi connectivity index (χ1n) is 6.02. The third-order valence-corrected chi connectivity index (χ3v) is 3.58. The molecule has 0 aliphatic carbocycles. The van der Waals surface area contributed by atoms with E-state index >= 15 is 0 Å². The Morgan fingerprint density at radius 3 is 2.65 bits per heavy atom. The molecule has 5 heteroatoms. The molecule has 0 aromatic heterocycles. The second-order valence-corrected chi connectivity index (χ2v) is 5.62. The molecule has 0 aliphatic rings. The average Bonchev–Trinajstić information content (AvgIpc) is 2.41. The molecule has 0 aliphatic heterocycles. The third-order valence-electron chi connectivity index (χ3n) is 2.91. The minimum absolute atomic E-state index is 0.217. The van der Waals surface area contributed by atoms with Gasteiger partial charge in [-0.3, -0.25) is 4.79 Å². The van der Waals surface area contributed by atoms with Crippen LogP contribution in [0.3, 0.4) is 0 Å². The highest BCUT2D eigenvalue weighted by Gasteiger charge is 2.13. The summed E-state index contributed by atoms with van der Waals surface area (Å²) in [5, 5.41) is 2.88. The van der Waals surface area contributed by atoms with E-state index in [-0.39, 0.29) is 5.91 Å². The Kier molecular flexibility index (Phi) is 4.49. The summed E-state index contributed by atoms with van der Waals surface area (Å²) in [5.74, 6) is 0.247. The van der Waals surface area contributed by atoms with Crippen LogP contribution in [0, 0.1) is 10.5 Å². The van der Waals surface area contributed by atoms with Crippen molar-refractivity contribution in [2.75, 3.05) is 18.2 Å². The van der Waals surface area contributed by atoms with Crippen LogP contribution in [0.4, 0.5) is 11.4 Å². The van der Waals surface area contributed by atoms with Gasteiger partial charge in [-0.2, -0.15) is 0 Å². The predicted octanol–water partition coefficient (Wildman–Crippen LogP) is 3.44. The first-order valence-corrected chi connectivity index (χ1v) is 7.10. The Morgan fingerprint density at radius 1 is 1.25 bits per heavy atom. The third kappa shape index (κ3) is 3.22. The number of aryl methyl sites for hydroxylation is 1. The van der Waals surface area contributed by atoms with E-state index in [0.717, 1.165) is 14.8 Å². The molecule has 0 saturated carbocycles. The van der Waals surface area contributed by atoms with E-state index in [4.69, 9.17) is 10.5 Å². The molecule has 2 aromatic rings. The number of nitrogens with two attached hydrogens (primary N) is 1. The van der Waals surface area contributed by atoms with Gasteiger partial charge in [-0.1, -0.05) is 0 Å². The number of nitrogens with one attached hydrogen (secondary N) is 1. The molecule has 0 radical (unpaired) electrons. The van der Waals surface area contributed by atoms with Crippen LogP contribution in [0.1, 0.15) is 15.9 Å². The maximum absolute atomic E-state index is 12.3. The number of rotatable bonds is 3. The first kappa shape index (κ1) is 14.6. The van der Waals surface area contributed by atoms with Gasteiger partial charge in [0.1, 0.15) is 5.75 Å². The number of amides is 1. The smallest absolute Gasteiger partial charge is 0.259 e. The number of methoxy groups -OCH3 is 1. The Labute approximate surface area is 131 Å². The molecule has 0 bridgehead atoms. The van der Waals surface area contributed by atoms with Crippen molar-refractivity contribution in [3.05, 3.63) is 51.1 Å². The number of ether oxygens (including phenoxy) is 1. The Balaban J connectivity index is 2.28. The van der Waals surface area contributed by atoms with E-state index in [2.05, 4.69) is 27.9 Å². The first-order chi connectivity index (χ1) is 9.51. The van der Waals surface area contributed by atoms with Gasteiger partial charge >= 0.3 is 0 Å². The van der Waals surface area contributed by atoms with Crippen molar-refractivity contribution in [2.45, 2.75) is 6.92 Å². The van der Waals surface area contributed by atoms with Crippen LogP contribution in [0.5, 0.6) is 5.75 Å². The van der Waals surface area contributed by atoms with Gasteiger partial charge in [0.25, 0.3) is 5.91 Å². The summed E-state index contributed by atoms with van der Waals surface area (Å²) in [5.41, 5.74) is 8.50. The molecular formula is C15H15IN2O2. The summed E-state index contributed by atoms with van der Waals surface area (Å²) >= 11 is 2.24. The number of hydrogen-bond donors (Lipinski definition) is 2. The molecular weight excluding hydrogens is 367 g/mol. The van der Waals surface area contributed by atoms with Crippen LogP contribution >= 0.6 is 22.6 Å². The summed E-state index contributed by atoms with van der Waals surface area (Å²) in [6.45, 7) is 1.96. The van der Waals surface area contributed by atoms with Gasteiger partial charge in [0, 0.05) is 21.0 Å². The lowest BCUT2D eigenvalue weighted by Crippen LogP contribution is -2.14. The van der Waals surface area contributed by atoms with Gasteiger partial charge in [0.2, 0.25) is 0 Å². The van der Waals surface area contributed by atoms with Crippen molar-refractivity contribution in [3.63, 3.8) is 0 Å². The van der Waals surface area contributed by atoms with Crippen LogP contribution in [-0.4, -0.2) is 13.0 Å². The van der Waals surface area contributed by atoms with Crippen molar-refractivity contribution >= 4 is 39.9 Å². The van der Waals surface area contributed by atoms with Crippen LogP contribution in [0.15, 0.2) is 36.4 Å². The van der Waals surface area contributed by atoms with E-state index in [9.17, 15) is 4.79 Å². The predicted molar refractivity (Wildman–Crippen MR) is 89.3 cm³/mol. The lowest BCUT2D eigenvalue weighted by atomic mass is 10.1. The quantitative estimate of drug-likeness (QED) is 0.632. The number of hydrogen-bond acceptors (Lipinski definition) is 3. The largest absolute Gasteiger partial charge is 0.496 e. The minimum atomic E-state index is -0.217. The van der Waals surface area contributed by atoms with Crippen molar-refractivity contribution in [2.24, 2.45) is 0 Å². The maximum Gasteiger partial charge on any atom is 0.259 e. The Bertz CT molecular complexity index is 656. The van der Waals surface area contributed by atoms with E-state index in [1.54, 1.807) is 18.2 Å². The van der Waals surface area contributed by atoms with Crippen LogP contribution in [0.2, 0.25) is 0 Å². The molecule has 0 fully saturated rings. The Morgan fingerprint density at radius 2 is 2.00 bits per heavy atom. The number of nitrogen functional groups attached to an aromatic ring is 1. The highest BCUT2D eigenvalue weighted by atomic mass is 127. The standard InChI is InChI=1S/C15H15IN2O2/c1-9-7-10(16)3-6-13(9)18-15(19)12-5-4-11(17)8-14(12)20-2/h3-8H,17H2,1-2H3,(H,18,19). The molecule has 3 N–H and O–H groups in total. The average molecular weight is 382 g/mol. The zero-order chi connectivity index (χ0) is 14.7. The monoisotopic (exact) mass is 382 g/mol. The molecule has 0 spiro atoms. The Hall–Kier alpha value is -1.76. The van der Waals surface area contributed by atoms with Gasteiger partial charge in [0.15, 0.2) is 0 Å². The summed E-state index contributed by atoms with van der Waals surface area (Å²) in [6.07, 6.45) is 0. The summed E-state index contributed by atoms with van der Waals surface area (Å²) in [4.78, 5) is 12.3. The van der Waals surface area contributed by atoms with Crippen LogP contribution < -0.4 is 15.8 Å². The molecule has 2 aromatic carbocycles. The van der Waals surface area contributed by atoms with Gasteiger partial charge < -0.3 is 15.8 Å². The van der Waals surface area contributed by atoms with Gasteiger partial charge in [-0.15, -0.1) is 0 Å². The number of halogens is 1. The van der Waals surface area contributed by atoms with Crippen molar-refractivity contribution in [1.82, 2.24) is 0 Å². The van der Waals surface area contributed by atoms with Crippen LogP contribution in [-0.2, 0) is 0 Å². The lowest BCUT2D eigenvalue weighted by molar-refractivity contribution is 0.102. The zero-order valence-electron chi connectivity index (χ0n) is 11.2. The SMILES string of the molecule is COc1cc(N)ccc1C(=O)Nc1ccc(I)cc1C. The second kappa shape index (κ2) is 6.13. The highest BCUT2D eigenvalue weighted by Crippen LogP contribution is 2.24. The number of anilines is 2. The van der Waals surface area contributed by atoms with E-state index in [0.29, 0.717) is 17.0 Å². The molecule has 104 valence electrons. The van der Waals surface area contributed by atoms with E-state index < -0.39 is 0 Å². The van der Waals surface area contributed by atoms with E-state index in [1.807, 2.05) is 25.1 Å². The lowest BCUT2D eigenvalue weighted by Gasteiger charge is -2.11. The van der Waals surface area contributed by atoms with Gasteiger partial charge in [-0.25, -0.2) is 0 Å². The van der Waals surface area contributed by atoms with Crippen molar-refractivity contribution < 1.29 is 9.53 Å². The van der Waals surface area contributed by atoms with Gasteiger partial charge in [0.05, 0.1) is 12.7 Å². The molecule has 0 atom stereocenters. The summed E-state index contributed by atoms with van der Waals surface area (Å²) < 4.78 is 6.32. The minimum Gasteiger partial charge on any atom is -0.496 e. The number of carbonyl (C=O) groups is 1. The number of benzene rings is 2. The van der Waals surface area contributed by atoms with E-state index in [1.165, 1.54) is 7.11 Å². The zero-order valence-corrected chi connectivity index (χ0v) is 13.4. The summed E-state index contributed by atoms with van der Waals surface area (Å²) in [7, 11) is 1.52. The fourth-order valence-electron chi connectivity index (χ4n) is 1.85. The van der Waals surface area contributed by atoms with Crippen molar-refractivity contribution in [3.8, 4) is 5.75 Å². The fourth-order valence-corrected chi connectivity index (χ4v) is 2.50. The highest BCUT2D eigenvalue weighted by molar-refractivity contribution is 14.1. The molecule has 0 unspecified atom stereocenters. The molecule has 0 heterocycles. The molecule has 1 amide bonds. The normalized spacial score (nSPS) is 10.2.